The molecule has 2 unspecified atom stereocenters. The highest BCUT2D eigenvalue weighted by molar-refractivity contribution is 5.20. The van der Waals surface area contributed by atoms with Gasteiger partial charge in [-0.15, -0.1) is 0 Å². The van der Waals surface area contributed by atoms with Crippen LogP contribution in [0.2, 0.25) is 0 Å². The normalized spacial score (nSPS) is 21.0. The summed E-state index contributed by atoms with van der Waals surface area (Å²) in [5, 5.41) is 13.0. The molecule has 0 amide bonds. The van der Waals surface area contributed by atoms with Crippen LogP contribution in [-0.2, 0) is 4.74 Å². The molecule has 0 aromatic heterocycles. The van der Waals surface area contributed by atoms with Crippen molar-refractivity contribution in [1.82, 2.24) is 5.32 Å². The molecule has 19 heavy (non-hydrogen) atoms. The minimum Gasteiger partial charge on any atom is -0.491 e. The third kappa shape index (κ3) is 5.59. The van der Waals surface area contributed by atoms with Crippen LogP contribution in [0.3, 0.4) is 0 Å². The first-order valence-electron chi connectivity index (χ1n) is 7.03. The van der Waals surface area contributed by atoms with Crippen molar-refractivity contribution < 1.29 is 14.6 Å². The number of hydrogen-bond acceptors (Lipinski definition) is 4. The van der Waals surface area contributed by atoms with E-state index in [0.29, 0.717) is 19.3 Å². The second-order valence-electron chi connectivity index (χ2n) is 4.92. The highest BCUT2D eigenvalue weighted by atomic mass is 16.5. The Bertz CT molecular complexity index is 339. The molecule has 1 fully saturated rings. The molecule has 4 nitrogen and oxygen atoms in total. The first-order chi connectivity index (χ1) is 9.34. The molecule has 1 aromatic rings. The molecule has 2 rings (SSSR count). The maximum atomic E-state index is 9.81. The SMILES string of the molecule is OC(CNCC1CCCCO1)COc1ccccc1. The van der Waals surface area contributed by atoms with Crippen LogP contribution in [0.15, 0.2) is 30.3 Å². The summed E-state index contributed by atoms with van der Waals surface area (Å²) >= 11 is 0. The van der Waals surface area contributed by atoms with E-state index in [-0.39, 0.29) is 0 Å². The van der Waals surface area contributed by atoms with Gasteiger partial charge in [-0.05, 0) is 31.4 Å². The third-order valence-electron chi connectivity index (χ3n) is 3.21. The zero-order chi connectivity index (χ0) is 13.3. The number of nitrogens with one attached hydrogen (secondary N) is 1. The summed E-state index contributed by atoms with van der Waals surface area (Å²) < 4.78 is 11.1. The Balaban J connectivity index is 1.55. The molecule has 0 radical (unpaired) electrons. The van der Waals surface area contributed by atoms with Crippen LogP contribution < -0.4 is 10.1 Å². The summed E-state index contributed by atoms with van der Waals surface area (Å²) in [7, 11) is 0. The van der Waals surface area contributed by atoms with Crippen molar-refractivity contribution in [2.75, 3.05) is 26.3 Å². The van der Waals surface area contributed by atoms with E-state index in [1.54, 1.807) is 0 Å². The topological polar surface area (TPSA) is 50.7 Å². The Morgan fingerprint density at radius 1 is 1.32 bits per heavy atom. The van der Waals surface area contributed by atoms with Crippen LogP contribution in [0.1, 0.15) is 19.3 Å². The van der Waals surface area contributed by atoms with E-state index in [1.807, 2.05) is 30.3 Å². The number of hydrogen-bond donors (Lipinski definition) is 2. The molecular formula is C15H23NO3. The zero-order valence-electron chi connectivity index (χ0n) is 11.3. The number of ether oxygens (including phenoxy) is 2. The second kappa shape index (κ2) is 8.15. The minimum absolute atomic E-state index is 0.302. The van der Waals surface area contributed by atoms with Crippen molar-refractivity contribution in [2.45, 2.75) is 31.5 Å². The molecule has 0 aliphatic carbocycles. The smallest absolute Gasteiger partial charge is 0.119 e. The molecule has 106 valence electrons. The number of aliphatic hydroxyl groups is 1. The van der Waals surface area contributed by atoms with Crippen LogP contribution in [-0.4, -0.2) is 43.6 Å². The summed E-state index contributed by atoms with van der Waals surface area (Å²) in [5.74, 6) is 0.789. The van der Waals surface area contributed by atoms with E-state index in [9.17, 15) is 5.11 Å². The summed E-state index contributed by atoms with van der Waals surface area (Å²) in [6, 6.07) is 9.54. The van der Waals surface area contributed by atoms with Gasteiger partial charge in [-0.1, -0.05) is 18.2 Å². The third-order valence-corrected chi connectivity index (χ3v) is 3.21. The molecule has 1 aliphatic heterocycles. The van der Waals surface area contributed by atoms with Gasteiger partial charge in [-0.2, -0.15) is 0 Å². The van der Waals surface area contributed by atoms with E-state index < -0.39 is 6.10 Å². The van der Waals surface area contributed by atoms with E-state index in [1.165, 1.54) is 12.8 Å². The molecule has 2 atom stereocenters. The quantitative estimate of drug-likeness (QED) is 0.786. The van der Waals surface area contributed by atoms with Crippen molar-refractivity contribution in [2.24, 2.45) is 0 Å². The molecule has 4 heteroatoms. The molecule has 0 spiro atoms. The van der Waals surface area contributed by atoms with Crippen LogP contribution in [0.25, 0.3) is 0 Å². The highest BCUT2D eigenvalue weighted by Gasteiger charge is 2.13. The molecule has 1 heterocycles. The Morgan fingerprint density at radius 2 is 2.16 bits per heavy atom. The summed E-state index contributed by atoms with van der Waals surface area (Å²) in [6.07, 6.45) is 3.33. The van der Waals surface area contributed by atoms with Crippen LogP contribution in [0, 0.1) is 0 Å². The summed E-state index contributed by atoms with van der Waals surface area (Å²) in [5.41, 5.74) is 0. The minimum atomic E-state index is -0.496. The number of rotatable bonds is 7. The zero-order valence-corrected chi connectivity index (χ0v) is 11.3. The van der Waals surface area contributed by atoms with E-state index in [4.69, 9.17) is 9.47 Å². The van der Waals surface area contributed by atoms with Gasteiger partial charge < -0.3 is 19.9 Å². The first-order valence-corrected chi connectivity index (χ1v) is 7.03. The lowest BCUT2D eigenvalue weighted by molar-refractivity contribution is 0.0141. The molecular weight excluding hydrogens is 242 g/mol. The molecule has 0 bridgehead atoms. The molecule has 1 saturated heterocycles. The van der Waals surface area contributed by atoms with Crippen LogP contribution in [0.4, 0.5) is 0 Å². The lowest BCUT2D eigenvalue weighted by Crippen LogP contribution is -2.37. The summed E-state index contributed by atoms with van der Waals surface area (Å²) in [6.45, 7) is 2.52. The van der Waals surface area contributed by atoms with Gasteiger partial charge >= 0.3 is 0 Å². The van der Waals surface area contributed by atoms with E-state index in [0.717, 1.165) is 25.3 Å². The highest BCUT2D eigenvalue weighted by Crippen LogP contribution is 2.11. The number of para-hydroxylation sites is 1. The predicted molar refractivity (Wildman–Crippen MR) is 74.4 cm³/mol. The van der Waals surface area contributed by atoms with Gasteiger partial charge in [-0.3, -0.25) is 0 Å². The Morgan fingerprint density at radius 3 is 2.89 bits per heavy atom. The van der Waals surface area contributed by atoms with E-state index >= 15 is 0 Å². The average molecular weight is 265 g/mol. The van der Waals surface area contributed by atoms with Gasteiger partial charge in [0.1, 0.15) is 18.5 Å². The van der Waals surface area contributed by atoms with Crippen LogP contribution >= 0.6 is 0 Å². The van der Waals surface area contributed by atoms with Crippen molar-refractivity contribution in [3.8, 4) is 5.75 Å². The van der Waals surface area contributed by atoms with E-state index in [2.05, 4.69) is 5.32 Å². The molecule has 0 saturated carbocycles. The largest absolute Gasteiger partial charge is 0.491 e. The standard InChI is InChI=1S/C15H23NO3/c17-13(12-19-14-6-2-1-3-7-14)10-16-11-15-8-4-5-9-18-15/h1-3,6-7,13,15-17H,4-5,8-12H2. The predicted octanol–water partition coefficient (Wildman–Crippen LogP) is 1.58. The van der Waals surface area contributed by atoms with Crippen LogP contribution in [0.5, 0.6) is 5.75 Å². The fraction of sp³-hybridized carbons (Fsp3) is 0.600. The Hall–Kier alpha value is -1.10. The first kappa shape index (κ1) is 14.3. The van der Waals surface area contributed by atoms with Gasteiger partial charge in [0.05, 0.1) is 6.10 Å². The van der Waals surface area contributed by atoms with Crippen molar-refractivity contribution in [3.63, 3.8) is 0 Å². The van der Waals surface area contributed by atoms with Gasteiger partial charge in [0.2, 0.25) is 0 Å². The maximum Gasteiger partial charge on any atom is 0.119 e. The Labute approximate surface area is 114 Å². The lowest BCUT2D eigenvalue weighted by Gasteiger charge is -2.23. The lowest BCUT2D eigenvalue weighted by atomic mass is 10.1. The molecule has 2 N–H and O–H groups in total. The van der Waals surface area contributed by atoms with Gasteiger partial charge in [0, 0.05) is 19.7 Å². The molecule has 1 aliphatic rings. The van der Waals surface area contributed by atoms with Gasteiger partial charge in [-0.25, -0.2) is 0 Å². The number of benzene rings is 1. The van der Waals surface area contributed by atoms with Gasteiger partial charge in [0.25, 0.3) is 0 Å². The number of aliphatic hydroxyl groups excluding tert-OH is 1. The second-order valence-corrected chi connectivity index (χ2v) is 4.92. The fourth-order valence-electron chi connectivity index (χ4n) is 2.15. The van der Waals surface area contributed by atoms with Gasteiger partial charge in [0.15, 0.2) is 0 Å². The average Bonchev–Trinajstić information content (AvgIpc) is 2.47. The van der Waals surface area contributed by atoms with Crippen molar-refractivity contribution >= 4 is 0 Å². The maximum absolute atomic E-state index is 9.81. The molecule has 1 aromatic carbocycles. The fourth-order valence-corrected chi connectivity index (χ4v) is 2.15. The Kier molecular flexibility index (Phi) is 6.14. The summed E-state index contributed by atoms with van der Waals surface area (Å²) in [4.78, 5) is 0. The van der Waals surface area contributed by atoms with Crippen molar-refractivity contribution in [1.29, 1.82) is 0 Å². The van der Waals surface area contributed by atoms with Crippen molar-refractivity contribution in [3.05, 3.63) is 30.3 Å². The monoisotopic (exact) mass is 265 g/mol.